The lowest BCUT2D eigenvalue weighted by Gasteiger charge is -2.09. The van der Waals surface area contributed by atoms with Gasteiger partial charge < -0.3 is 5.73 Å². The van der Waals surface area contributed by atoms with Crippen LogP contribution in [0.2, 0.25) is 0 Å². The van der Waals surface area contributed by atoms with Gasteiger partial charge in [-0.1, -0.05) is 47.5 Å². The standard InChI is InChI=1S/C14H15Br2N3/c1-2-5-11-13(16)14(17)19-12(18-11)8-9-6-3-4-7-10(9)15/h3-4,6-7H,2,5,8H2,1H3,(H2,17,18,19). The van der Waals surface area contributed by atoms with E-state index >= 15 is 0 Å². The average Bonchev–Trinajstić information content (AvgIpc) is 2.38. The summed E-state index contributed by atoms with van der Waals surface area (Å²) in [6.45, 7) is 2.12. The minimum Gasteiger partial charge on any atom is -0.383 e. The van der Waals surface area contributed by atoms with E-state index in [1.807, 2.05) is 18.2 Å². The van der Waals surface area contributed by atoms with Crippen LogP contribution in [0, 0.1) is 0 Å². The summed E-state index contributed by atoms with van der Waals surface area (Å²) in [6, 6.07) is 8.08. The van der Waals surface area contributed by atoms with Crippen LogP contribution in [-0.4, -0.2) is 9.97 Å². The molecule has 0 amide bonds. The van der Waals surface area contributed by atoms with Gasteiger partial charge in [0.2, 0.25) is 0 Å². The summed E-state index contributed by atoms with van der Waals surface area (Å²) in [5.74, 6) is 1.27. The van der Waals surface area contributed by atoms with Gasteiger partial charge in [0.05, 0.1) is 10.2 Å². The minimum absolute atomic E-state index is 0.514. The predicted molar refractivity (Wildman–Crippen MR) is 85.1 cm³/mol. The minimum atomic E-state index is 0.514. The van der Waals surface area contributed by atoms with Gasteiger partial charge in [0, 0.05) is 10.9 Å². The molecule has 0 unspecified atom stereocenters. The second-order valence-electron chi connectivity index (χ2n) is 4.30. The van der Waals surface area contributed by atoms with Crippen LogP contribution < -0.4 is 5.73 Å². The normalized spacial score (nSPS) is 10.7. The zero-order chi connectivity index (χ0) is 13.8. The third-order valence-electron chi connectivity index (χ3n) is 2.78. The molecule has 1 aromatic heterocycles. The first-order valence-electron chi connectivity index (χ1n) is 6.16. The van der Waals surface area contributed by atoms with Crippen LogP contribution in [0.4, 0.5) is 5.82 Å². The Kier molecular flexibility index (Phi) is 4.93. The monoisotopic (exact) mass is 383 g/mol. The number of nitrogens with zero attached hydrogens (tertiary/aromatic N) is 2. The quantitative estimate of drug-likeness (QED) is 0.862. The number of aryl methyl sites for hydroxylation is 1. The third kappa shape index (κ3) is 3.54. The molecule has 0 aliphatic heterocycles. The van der Waals surface area contributed by atoms with E-state index in [2.05, 4.69) is 54.8 Å². The molecule has 19 heavy (non-hydrogen) atoms. The maximum Gasteiger partial charge on any atom is 0.141 e. The van der Waals surface area contributed by atoms with Gasteiger partial charge >= 0.3 is 0 Å². The summed E-state index contributed by atoms with van der Waals surface area (Å²) in [6.07, 6.45) is 2.61. The summed E-state index contributed by atoms with van der Waals surface area (Å²) in [5, 5.41) is 0. The average molecular weight is 385 g/mol. The molecule has 0 saturated carbocycles. The number of halogens is 2. The molecule has 1 heterocycles. The number of nitrogen functional groups attached to an aromatic ring is 1. The van der Waals surface area contributed by atoms with E-state index in [9.17, 15) is 0 Å². The van der Waals surface area contributed by atoms with Crippen molar-refractivity contribution in [1.29, 1.82) is 0 Å². The van der Waals surface area contributed by atoms with Crippen molar-refractivity contribution in [3.63, 3.8) is 0 Å². The van der Waals surface area contributed by atoms with Crippen LogP contribution in [0.1, 0.15) is 30.4 Å². The van der Waals surface area contributed by atoms with Gasteiger partial charge in [0.1, 0.15) is 11.6 Å². The number of nitrogens with two attached hydrogens (primary N) is 1. The van der Waals surface area contributed by atoms with Crippen molar-refractivity contribution in [3.05, 3.63) is 50.3 Å². The zero-order valence-corrected chi connectivity index (χ0v) is 13.8. The summed E-state index contributed by atoms with van der Waals surface area (Å²) in [4.78, 5) is 8.95. The second kappa shape index (κ2) is 6.48. The number of anilines is 1. The van der Waals surface area contributed by atoms with Gasteiger partial charge in [-0.15, -0.1) is 0 Å². The van der Waals surface area contributed by atoms with Gasteiger partial charge in [-0.25, -0.2) is 9.97 Å². The molecular formula is C14H15Br2N3. The van der Waals surface area contributed by atoms with Crippen LogP contribution in [0.5, 0.6) is 0 Å². The fourth-order valence-corrected chi connectivity index (χ4v) is 2.66. The van der Waals surface area contributed by atoms with E-state index in [4.69, 9.17) is 5.73 Å². The predicted octanol–water partition coefficient (Wildman–Crippen LogP) is 4.13. The van der Waals surface area contributed by atoms with Gasteiger partial charge in [0.25, 0.3) is 0 Å². The molecule has 0 atom stereocenters. The van der Waals surface area contributed by atoms with Crippen molar-refractivity contribution < 1.29 is 0 Å². The topological polar surface area (TPSA) is 51.8 Å². The van der Waals surface area contributed by atoms with Gasteiger partial charge in [-0.05, 0) is 34.0 Å². The highest BCUT2D eigenvalue weighted by Crippen LogP contribution is 2.24. The molecular weight excluding hydrogens is 370 g/mol. The molecule has 0 aliphatic carbocycles. The van der Waals surface area contributed by atoms with E-state index < -0.39 is 0 Å². The molecule has 0 aliphatic rings. The Hall–Kier alpha value is -0.940. The van der Waals surface area contributed by atoms with Gasteiger partial charge in [0.15, 0.2) is 0 Å². The Labute approximate surface area is 129 Å². The molecule has 2 aromatic rings. The molecule has 2 N–H and O–H groups in total. The van der Waals surface area contributed by atoms with Crippen LogP contribution in [0.15, 0.2) is 33.2 Å². The fraction of sp³-hybridized carbons (Fsp3) is 0.286. The maximum absolute atomic E-state index is 5.93. The molecule has 5 heteroatoms. The molecule has 0 saturated heterocycles. The number of hydrogen-bond acceptors (Lipinski definition) is 3. The lowest BCUT2D eigenvalue weighted by atomic mass is 10.1. The Bertz CT molecular complexity index is 585. The zero-order valence-electron chi connectivity index (χ0n) is 10.7. The van der Waals surface area contributed by atoms with Crippen molar-refractivity contribution >= 4 is 37.7 Å². The van der Waals surface area contributed by atoms with Crippen molar-refractivity contribution in [1.82, 2.24) is 9.97 Å². The maximum atomic E-state index is 5.93. The van der Waals surface area contributed by atoms with E-state index in [1.54, 1.807) is 0 Å². The largest absolute Gasteiger partial charge is 0.383 e. The summed E-state index contributed by atoms with van der Waals surface area (Å²) < 4.78 is 1.89. The number of benzene rings is 1. The molecule has 3 nitrogen and oxygen atoms in total. The highest BCUT2D eigenvalue weighted by Gasteiger charge is 2.10. The Morgan fingerprint density at radius 1 is 1.16 bits per heavy atom. The summed E-state index contributed by atoms with van der Waals surface area (Å²) in [5.41, 5.74) is 8.08. The van der Waals surface area contributed by atoms with Crippen molar-refractivity contribution in [2.75, 3.05) is 5.73 Å². The molecule has 100 valence electrons. The smallest absolute Gasteiger partial charge is 0.141 e. The first-order chi connectivity index (χ1) is 9.11. The van der Waals surface area contributed by atoms with E-state index in [1.165, 1.54) is 0 Å². The summed E-state index contributed by atoms with van der Waals surface area (Å²) >= 11 is 7.00. The van der Waals surface area contributed by atoms with Crippen LogP contribution in [0.25, 0.3) is 0 Å². The highest BCUT2D eigenvalue weighted by molar-refractivity contribution is 9.11. The number of aromatic nitrogens is 2. The first-order valence-corrected chi connectivity index (χ1v) is 7.74. The van der Waals surface area contributed by atoms with Crippen LogP contribution in [0.3, 0.4) is 0 Å². The Balaban J connectivity index is 2.33. The molecule has 0 spiro atoms. The van der Waals surface area contributed by atoms with Crippen molar-refractivity contribution in [3.8, 4) is 0 Å². The van der Waals surface area contributed by atoms with Crippen LogP contribution in [-0.2, 0) is 12.8 Å². The van der Waals surface area contributed by atoms with Crippen molar-refractivity contribution in [2.45, 2.75) is 26.2 Å². The lowest BCUT2D eigenvalue weighted by Crippen LogP contribution is -2.06. The number of rotatable bonds is 4. The first kappa shape index (κ1) is 14.5. The molecule has 1 aromatic carbocycles. The molecule has 0 bridgehead atoms. The third-order valence-corrected chi connectivity index (χ3v) is 4.42. The number of hydrogen-bond donors (Lipinski definition) is 1. The van der Waals surface area contributed by atoms with Gasteiger partial charge in [-0.3, -0.25) is 0 Å². The molecule has 2 rings (SSSR count). The lowest BCUT2D eigenvalue weighted by molar-refractivity contribution is 0.836. The second-order valence-corrected chi connectivity index (χ2v) is 5.95. The molecule has 0 fully saturated rings. The highest BCUT2D eigenvalue weighted by atomic mass is 79.9. The Morgan fingerprint density at radius 3 is 2.58 bits per heavy atom. The van der Waals surface area contributed by atoms with E-state index in [-0.39, 0.29) is 0 Å². The Morgan fingerprint density at radius 2 is 1.89 bits per heavy atom. The SMILES string of the molecule is CCCc1nc(Cc2ccccc2Br)nc(N)c1Br. The summed E-state index contributed by atoms with van der Waals surface area (Å²) in [7, 11) is 0. The van der Waals surface area contributed by atoms with E-state index in [0.717, 1.165) is 38.9 Å². The van der Waals surface area contributed by atoms with E-state index in [0.29, 0.717) is 12.2 Å². The molecule has 0 radical (unpaired) electrons. The van der Waals surface area contributed by atoms with Crippen molar-refractivity contribution in [2.24, 2.45) is 0 Å². The van der Waals surface area contributed by atoms with Gasteiger partial charge in [-0.2, -0.15) is 0 Å². The fourth-order valence-electron chi connectivity index (χ4n) is 1.86. The van der Waals surface area contributed by atoms with Crippen LogP contribution >= 0.6 is 31.9 Å².